The molecule has 6 nitrogen and oxygen atoms in total. The Balaban J connectivity index is 1.85. The lowest BCUT2D eigenvalue weighted by Crippen LogP contribution is -2.28. The summed E-state index contributed by atoms with van der Waals surface area (Å²) >= 11 is 2.12. The third kappa shape index (κ3) is 5.16. The van der Waals surface area contributed by atoms with E-state index >= 15 is 0 Å². The van der Waals surface area contributed by atoms with E-state index in [1.807, 2.05) is 18.2 Å². The van der Waals surface area contributed by atoms with E-state index in [0.29, 0.717) is 17.9 Å². The molecule has 0 saturated carbocycles. The van der Waals surface area contributed by atoms with Gasteiger partial charge >= 0.3 is 0 Å². The number of ether oxygens (including phenoxy) is 1. The highest BCUT2D eigenvalue weighted by Gasteiger charge is 2.16. The Morgan fingerprint density at radius 3 is 2.36 bits per heavy atom. The van der Waals surface area contributed by atoms with E-state index in [1.54, 1.807) is 18.2 Å². The summed E-state index contributed by atoms with van der Waals surface area (Å²) < 4.78 is 31.5. The van der Waals surface area contributed by atoms with Crippen molar-refractivity contribution in [1.29, 1.82) is 0 Å². The van der Waals surface area contributed by atoms with Crippen LogP contribution in [0.25, 0.3) is 0 Å². The van der Waals surface area contributed by atoms with Crippen LogP contribution in [-0.4, -0.2) is 45.9 Å². The normalized spacial score (nSPS) is 11.4. The maximum atomic E-state index is 12.1. The number of rotatable bonds is 7. The standard InChI is InChI=1S/C17H19IN2O4S/c1-20(2)25(22,23)14-9-7-13(8-10-14)24-12-11-19-17(21)15-5-3-4-6-16(15)18/h3-10H,11-12H2,1-2H3,(H,19,21). The highest BCUT2D eigenvalue weighted by molar-refractivity contribution is 14.1. The Bertz CT molecular complexity index is 836. The van der Waals surface area contributed by atoms with Crippen molar-refractivity contribution in [2.24, 2.45) is 0 Å². The second kappa shape index (κ2) is 8.63. The number of sulfonamides is 1. The molecular formula is C17H19IN2O4S. The van der Waals surface area contributed by atoms with E-state index in [9.17, 15) is 13.2 Å². The molecule has 0 aliphatic carbocycles. The molecule has 0 aliphatic rings. The molecule has 0 bridgehead atoms. The van der Waals surface area contributed by atoms with Crippen LogP contribution < -0.4 is 10.1 Å². The van der Waals surface area contributed by atoms with E-state index in [0.717, 1.165) is 7.88 Å². The quantitative estimate of drug-likeness (QED) is 0.494. The predicted molar refractivity (Wildman–Crippen MR) is 104 cm³/mol. The molecule has 0 aromatic heterocycles. The van der Waals surface area contributed by atoms with Crippen LogP contribution in [0.5, 0.6) is 5.75 Å². The smallest absolute Gasteiger partial charge is 0.252 e. The number of benzene rings is 2. The maximum Gasteiger partial charge on any atom is 0.252 e. The van der Waals surface area contributed by atoms with Crippen LogP contribution in [0.15, 0.2) is 53.4 Å². The van der Waals surface area contributed by atoms with Crippen molar-refractivity contribution in [3.05, 3.63) is 57.7 Å². The van der Waals surface area contributed by atoms with Gasteiger partial charge in [-0.2, -0.15) is 0 Å². The van der Waals surface area contributed by atoms with Gasteiger partial charge in [0.25, 0.3) is 5.91 Å². The lowest BCUT2D eigenvalue weighted by atomic mass is 10.2. The van der Waals surface area contributed by atoms with Gasteiger partial charge in [-0.1, -0.05) is 12.1 Å². The molecule has 0 fully saturated rings. The summed E-state index contributed by atoms with van der Waals surface area (Å²) in [6.45, 7) is 0.635. The molecule has 0 atom stereocenters. The first kappa shape index (κ1) is 19.7. The lowest BCUT2D eigenvalue weighted by molar-refractivity contribution is 0.0946. The minimum atomic E-state index is -3.44. The molecule has 8 heteroatoms. The minimum absolute atomic E-state index is 0.152. The fourth-order valence-electron chi connectivity index (χ4n) is 1.99. The van der Waals surface area contributed by atoms with Gasteiger partial charge in [0.2, 0.25) is 10.0 Å². The van der Waals surface area contributed by atoms with Crippen LogP contribution >= 0.6 is 22.6 Å². The first-order valence-electron chi connectivity index (χ1n) is 7.50. The highest BCUT2D eigenvalue weighted by atomic mass is 127. The molecule has 0 saturated heterocycles. The Morgan fingerprint density at radius 1 is 1.12 bits per heavy atom. The van der Waals surface area contributed by atoms with Crippen molar-refractivity contribution < 1.29 is 17.9 Å². The molecule has 25 heavy (non-hydrogen) atoms. The number of nitrogens with zero attached hydrogens (tertiary/aromatic N) is 1. The Kier molecular flexibility index (Phi) is 6.79. The van der Waals surface area contributed by atoms with Crippen molar-refractivity contribution in [3.8, 4) is 5.75 Å². The van der Waals surface area contributed by atoms with E-state index in [1.165, 1.54) is 26.2 Å². The second-order valence-electron chi connectivity index (χ2n) is 5.34. The van der Waals surface area contributed by atoms with Crippen LogP contribution in [0, 0.1) is 3.57 Å². The molecule has 134 valence electrons. The van der Waals surface area contributed by atoms with Crippen LogP contribution in [0.2, 0.25) is 0 Å². The van der Waals surface area contributed by atoms with Gasteiger partial charge in [0.1, 0.15) is 12.4 Å². The number of hydrogen-bond donors (Lipinski definition) is 1. The maximum absolute atomic E-state index is 12.1. The van der Waals surface area contributed by atoms with Crippen molar-refractivity contribution in [1.82, 2.24) is 9.62 Å². The second-order valence-corrected chi connectivity index (χ2v) is 8.66. The van der Waals surface area contributed by atoms with Gasteiger partial charge in [-0.15, -0.1) is 0 Å². The number of nitrogens with one attached hydrogen (secondary N) is 1. The van der Waals surface area contributed by atoms with Gasteiger partial charge < -0.3 is 10.1 Å². The van der Waals surface area contributed by atoms with Crippen LogP contribution in [-0.2, 0) is 10.0 Å². The summed E-state index contributed by atoms with van der Waals surface area (Å²) in [5, 5.41) is 2.79. The summed E-state index contributed by atoms with van der Waals surface area (Å²) in [4.78, 5) is 12.3. The average Bonchev–Trinajstić information content (AvgIpc) is 2.59. The molecule has 2 aromatic carbocycles. The van der Waals surface area contributed by atoms with Gasteiger partial charge in [0, 0.05) is 17.7 Å². The van der Waals surface area contributed by atoms with Crippen LogP contribution in [0.3, 0.4) is 0 Å². The van der Waals surface area contributed by atoms with E-state index < -0.39 is 10.0 Å². The van der Waals surface area contributed by atoms with Gasteiger partial charge in [0.05, 0.1) is 17.0 Å². The van der Waals surface area contributed by atoms with Crippen LogP contribution in [0.4, 0.5) is 0 Å². The summed E-state index contributed by atoms with van der Waals surface area (Å²) in [5.41, 5.74) is 0.626. The van der Waals surface area contributed by atoms with Crippen LogP contribution in [0.1, 0.15) is 10.4 Å². The van der Waals surface area contributed by atoms with Crippen molar-refractivity contribution >= 4 is 38.5 Å². The predicted octanol–water partition coefficient (Wildman–Crippen LogP) is 2.35. The molecule has 2 rings (SSSR count). The molecule has 2 aromatic rings. The molecule has 1 amide bonds. The summed E-state index contributed by atoms with van der Waals surface area (Å²) in [5.74, 6) is 0.391. The zero-order valence-corrected chi connectivity index (χ0v) is 16.9. The molecule has 0 aliphatic heterocycles. The van der Waals surface area contributed by atoms with E-state index in [4.69, 9.17) is 4.74 Å². The van der Waals surface area contributed by atoms with Crippen molar-refractivity contribution in [2.75, 3.05) is 27.2 Å². The zero-order chi connectivity index (χ0) is 18.4. The molecule has 1 N–H and O–H groups in total. The highest BCUT2D eigenvalue weighted by Crippen LogP contribution is 2.18. The number of halogens is 1. The Morgan fingerprint density at radius 2 is 1.76 bits per heavy atom. The summed E-state index contributed by atoms with van der Waals surface area (Å²) in [6.07, 6.45) is 0. The average molecular weight is 474 g/mol. The molecular weight excluding hydrogens is 455 g/mol. The first-order valence-corrected chi connectivity index (χ1v) is 10.0. The van der Waals surface area contributed by atoms with E-state index in [-0.39, 0.29) is 17.4 Å². The largest absolute Gasteiger partial charge is 0.492 e. The first-order chi connectivity index (χ1) is 11.8. The van der Waals surface area contributed by atoms with E-state index in [2.05, 4.69) is 27.9 Å². The SMILES string of the molecule is CN(C)S(=O)(=O)c1ccc(OCCNC(=O)c2ccccc2I)cc1. The number of carbonyl (C=O) groups excluding carboxylic acids is 1. The summed E-state index contributed by atoms with van der Waals surface area (Å²) in [7, 11) is -0.480. The fraction of sp³-hybridized carbons (Fsp3) is 0.235. The molecule has 0 radical (unpaired) electrons. The molecule has 0 unspecified atom stereocenters. The zero-order valence-electron chi connectivity index (χ0n) is 13.9. The molecule has 0 heterocycles. The Labute approximate surface area is 161 Å². The Hall–Kier alpha value is -1.65. The monoisotopic (exact) mass is 474 g/mol. The number of hydrogen-bond acceptors (Lipinski definition) is 4. The minimum Gasteiger partial charge on any atom is -0.492 e. The fourth-order valence-corrected chi connectivity index (χ4v) is 3.53. The van der Waals surface area contributed by atoms with Crippen molar-refractivity contribution in [2.45, 2.75) is 4.90 Å². The van der Waals surface area contributed by atoms with Gasteiger partial charge in [0.15, 0.2) is 0 Å². The third-order valence-electron chi connectivity index (χ3n) is 3.38. The third-order valence-corrected chi connectivity index (χ3v) is 6.15. The number of amides is 1. The van der Waals surface area contributed by atoms with Gasteiger partial charge in [-0.05, 0) is 59.0 Å². The summed E-state index contributed by atoms with van der Waals surface area (Å²) in [6, 6.07) is 13.5. The van der Waals surface area contributed by atoms with Crippen molar-refractivity contribution in [3.63, 3.8) is 0 Å². The molecule has 0 spiro atoms. The van der Waals surface area contributed by atoms with Gasteiger partial charge in [-0.25, -0.2) is 12.7 Å². The van der Waals surface area contributed by atoms with Gasteiger partial charge in [-0.3, -0.25) is 4.79 Å². The lowest BCUT2D eigenvalue weighted by Gasteiger charge is -2.12. The topological polar surface area (TPSA) is 75.7 Å². The number of carbonyl (C=O) groups is 1.